The van der Waals surface area contributed by atoms with E-state index in [2.05, 4.69) is 17.3 Å². The molecule has 0 N–H and O–H groups in total. The Hall–Kier alpha value is -2.34. The first-order valence-electron chi connectivity index (χ1n) is 9.53. The molecule has 1 amide bonds. The summed E-state index contributed by atoms with van der Waals surface area (Å²) in [5.74, 6) is 1.75. The summed E-state index contributed by atoms with van der Waals surface area (Å²) >= 11 is 0. The standard InChI is InChI=1S/C21H26N2O4/c1-14-18(15(2)27-22-14)13-20(24)23-9-7-21(8-10-23)19-5-4-17(25-3)12-16(19)6-11-26-21/h4-5,12H,6-11,13H2,1-3H3. The van der Waals surface area contributed by atoms with Gasteiger partial charge in [-0.15, -0.1) is 0 Å². The van der Waals surface area contributed by atoms with Crippen LogP contribution in [0.1, 0.15) is 41.0 Å². The van der Waals surface area contributed by atoms with Gasteiger partial charge >= 0.3 is 0 Å². The Bertz CT molecular complexity index is 830. The monoisotopic (exact) mass is 370 g/mol. The van der Waals surface area contributed by atoms with Crippen LogP contribution in [-0.4, -0.2) is 42.8 Å². The molecular weight excluding hydrogens is 344 g/mol. The van der Waals surface area contributed by atoms with E-state index in [1.165, 1.54) is 11.1 Å². The van der Waals surface area contributed by atoms with Crippen molar-refractivity contribution in [1.29, 1.82) is 0 Å². The first kappa shape index (κ1) is 18.0. The number of benzene rings is 1. The predicted octanol–water partition coefficient (Wildman–Crippen LogP) is 2.93. The van der Waals surface area contributed by atoms with Gasteiger partial charge in [-0.2, -0.15) is 0 Å². The van der Waals surface area contributed by atoms with Gasteiger partial charge in [-0.25, -0.2) is 0 Å². The Morgan fingerprint density at radius 2 is 2.07 bits per heavy atom. The van der Waals surface area contributed by atoms with Crippen LogP contribution in [-0.2, 0) is 28.0 Å². The van der Waals surface area contributed by atoms with Crippen LogP contribution >= 0.6 is 0 Å². The van der Waals surface area contributed by atoms with Crippen molar-refractivity contribution in [2.75, 3.05) is 26.8 Å². The summed E-state index contributed by atoms with van der Waals surface area (Å²) in [5.41, 5.74) is 3.99. The molecule has 1 aromatic carbocycles. The third-order valence-corrected chi connectivity index (χ3v) is 5.99. The number of likely N-dealkylation sites (tertiary alicyclic amines) is 1. The molecule has 27 heavy (non-hydrogen) atoms. The van der Waals surface area contributed by atoms with Crippen molar-refractivity contribution in [2.24, 2.45) is 0 Å². The summed E-state index contributed by atoms with van der Waals surface area (Å²) in [6, 6.07) is 6.26. The van der Waals surface area contributed by atoms with Crippen LogP contribution in [0.25, 0.3) is 0 Å². The van der Waals surface area contributed by atoms with Crippen molar-refractivity contribution >= 4 is 5.91 Å². The molecule has 0 aliphatic carbocycles. The highest BCUT2D eigenvalue weighted by atomic mass is 16.5. The van der Waals surface area contributed by atoms with E-state index in [4.69, 9.17) is 14.0 Å². The maximum atomic E-state index is 12.8. The number of aromatic nitrogens is 1. The molecule has 6 nitrogen and oxygen atoms in total. The Morgan fingerprint density at radius 3 is 2.74 bits per heavy atom. The van der Waals surface area contributed by atoms with E-state index in [0.29, 0.717) is 26.1 Å². The summed E-state index contributed by atoms with van der Waals surface area (Å²) in [7, 11) is 1.69. The molecule has 0 unspecified atom stereocenters. The number of hydrogen-bond acceptors (Lipinski definition) is 5. The van der Waals surface area contributed by atoms with Crippen LogP contribution in [0.15, 0.2) is 22.7 Å². The average molecular weight is 370 g/mol. The highest BCUT2D eigenvalue weighted by Gasteiger charge is 2.41. The zero-order chi connectivity index (χ0) is 19.0. The van der Waals surface area contributed by atoms with Gasteiger partial charge in [-0.05, 0) is 56.4 Å². The molecule has 3 heterocycles. The average Bonchev–Trinajstić information content (AvgIpc) is 3.00. The SMILES string of the molecule is COc1ccc2c(c1)CCOC21CCN(C(=O)Cc2c(C)noc2C)CC1. The number of methoxy groups -OCH3 is 1. The topological polar surface area (TPSA) is 64.8 Å². The summed E-state index contributed by atoms with van der Waals surface area (Å²) < 4.78 is 16.8. The number of aryl methyl sites for hydroxylation is 2. The van der Waals surface area contributed by atoms with Crippen molar-refractivity contribution in [1.82, 2.24) is 10.1 Å². The van der Waals surface area contributed by atoms with Crippen LogP contribution in [0.4, 0.5) is 0 Å². The molecule has 2 aromatic rings. The zero-order valence-electron chi connectivity index (χ0n) is 16.2. The molecule has 0 bridgehead atoms. The Balaban J connectivity index is 1.47. The van der Waals surface area contributed by atoms with Crippen LogP contribution in [0.3, 0.4) is 0 Å². The maximum absolute atomic E-state index is 12.8. The van der Waals surface area contributed by atoms with Crippen LogP contribution < -0.4 is 4.74 Å². The predicted molar refractivity (Wildman–Crippen MR) is 99.8 cm³/mol. The molecule has 2 aliphatic heterocycles. The van der Waals surface area contributed by atoms with Gasteiger partial charge in [0.25, 0.3) is 0 Å². The number of fused-ring (bicyclic) bond motifs is 2. The number of nitrogens with zero attached hydrogens (tertiary/aromatic N) is 2. The number of rotatable bonds is 3. The van der Waals surface area contributed by atoms with E-state index in [1.54, 1.807) is 7.11 Å². The van der Waals surface area contributed by atoms with Gasteiger partial charge in [0, 0.05) is 18.7 Å². The van der Waals surface area contributed by atoms with Crippen LogP contribution in [0.2, 0.25) is 0 Å². The van der Waals surface area contributed by atoms with Gasteiger partial charge < -0.3 is 18.9 Å². The van der Waals surface area contributed by atoms with Gasteiger partial charge in [0.05, 0.1) is 31.4 Å². The van der Waals surface area contributed by atoms with Crippen molar-refractivity contribution in [3.8, 4) is 5.75 Å². The molecule has 1 aromatic heterocycles. The Morgan fingerprint density at radius 1 is 1.30 bits per heavy atom. The van der Waals surface area contributed by atoms with E-state index in [-0.39, 0.29) is 11.5 Å². The molecule has 1 fully saturated rings. The first-order chi connectivity index (χ1) is 13.0. The van der Waals surface area contributed by atoms with Crippen molar-refractivity contribution in [2.45, 2.75) is 45.1 Å². The van der Waals surface area contributed by atoms with Gasteiger partial charge in [0.2, 0.25) is 5.91 Å². The van der Waals surface area contributed by atoms with Gasteiger partial charge in [0.15, 0.2) is 0 Å². The molecule has 144 valence electrons. The van der Waals surface area contributed by atoms with E-state index < -0.39 is 0 Å². The lowest BCUT2D eigenvalue weighted by atomic mass is 9.79. The minimum absolute atomic E-state index is 0.130. The summed E-state index contributed by atoms with van der Waals surface area (Å²) in [6.07, 6.45) is 2.89. The van der Waals surface area contributed by atoms with E-state index >= 15 is 0 Å². The highest BCUT2D eigenvalue weighted by molar-refractivity contribution is 5.79. The minimum Gasteiger partial charge on any atom is -0.497 e. The Kier molecular flexibility index (Phi) is 4.68. The molecule has 1 spiro atoms. The summed E-state index contributed by atoms with van der Waals surface area (Å²) in [6.45, 7) is 5.86. The number of carbonyl (C=O) groups is 1. The largest absolute Gasteiger partial charge is 0.497 e. The number of ether oxygens (including phenoxy) is 2. The smallest absolute Gasteiger partial charge is 0.227 e. The molecule has 0 saturated carbocycles. The number of piperidine rings is 1. The molecular formula is C21H26N2O4. The first-order valence-corrected chi connectivity index (χ1v) is 9.53. The quantitative estimate of drug-likeness (QED) is 0.831. The van der Waals surface area contributed by atoms with Gasteiger partial charge in [-0.1, -0.05) is 11.2 Å². The minimum atomic E-state index is -0.278. The molecule has 4 rings (SSSR count). The molecule has 1 saturated heterocycles. The lowest BCUT2D eigenvalue weighted by Crippen LogP contribution is -2.48. The van der Waals surface area contributed by atoms with E-state index in [1.807, 2.05) is 24.8 Å². The lowest BCUT2D eigenvalue weighted by Gasteiger charge is -2.45. The van der Waals surface area contributed by atoms with Gasteiger partial charge in [0.1, 0.15) is 11.5 Å². The van der Waals surface area contributed by atoms with E-state index in [0.717, 1.165) is 42.0 Å². The van der Waals surface area contributed by atoms with Crippen molar-refractivity contribution in [3.05, 3.63) is 46.3 Å². The number of hydrogen-bond donors (Lipinski definition) is 0. The normalized spacial score (nSPS) is 18.4. The highest BCUT2D eigenvalue weighted by Crippen LogP contribution is 2.42. The molecule has 0 radical (unpaired) electrons. The summed E-state index contributed by atoms with van der Waals surface area (Å²) in [4.78, 5) is 14.7. The molecule has 2 aliphatic rings. The van der Waals surface area contributed by atoms with E-state index in [9.17, 15) is 4.79 Å². The van der Waals surface area contributed by atoms with Gasteiger partial charge in [-0.3, -0.25) is 4.79 Å². The third-order valence-electron chi connectivity index (χ3n) is 5.99. The maximum Gasteiger partial charge on any atom is 0.227 e. The molecule has 0 atom stereocenters. The second-order valence-corrected chi connectivity index (χ2v) is 7.48. The van der Waals surface area contributed by atoms with Crippen LogP contribution in [0.5, 0.6) is 5.75 Å². The number of amides is 1. The Labute approximate surface area is 159 Å². The third kappa shape index (κ3) is 3.23. The summed E-state index contributed by atoms with van der Waals surface area (Å²) in [5, 5.41) is 3.95. The van der Waals surface area contributed by atoms with Crippen molar-refractivity contribution in [3.63, 3.8) is 0 Å². The second kappa shape index (κ2) is 7.00. The van der Waals surface area contributed by atoms with Crippen LogP contribution in [0, 0.1) is 13.8 Å². The fourth-order valence-electron chi connectivity index (χ4n) is 4.33. The fraction of sp³-hybridized carbons (Fsp3) is 0.524. The fourth-order valence-corrected chi connectivity index (χ4v) is 4.33. The lowest BCUT2D eigenvalue weighted by molar-refractivity contribution is -0.140. The molecule has 6 heteroatoms. The zero-order valence-corrected chi connectivity index (χ0v) is 16.2. The van der Waals surface area contributed by atoms with Crippen molar-refractivity contribution < 1.29 is 18.8 Å². The number of carbonyl (C=O) groups excluding carboxylic acids is 1. The second-order valence-electron chi connectivity index (χ2n) is 7.48.